The van der Waals surface area contributed by atoms with Crippen molar-refractivity contribution in [2.75, 3.05) is 5.32 Å². The van der Waals surface area contributed by atoms with Crippen LogP contribution in [0.3, 0.4) is 0 Å². The van der Waals surface area contributed by atoms with Crippen LogP contribution in [0.15, 0.2) is 45.6 Å². The first-order valence-corrected chi connectivity index (χ1v) is 8.14. The average Bonchev–Trinajstić information content (AvgIpc) is 3.13. The van der Waals surface area contributed by atoms with E-state index in [4.69, 9.17) is 8.83 Å². The molecule has 1 aliphatic carbocycles. The van der Waals surface area contributed by atoms with Gasteiger partial charge in [-0.25, -0.2) is 4.98 Å². The number of amides is 2. The first-order chi connectivity index (χ1) is 12.1. The fourth-order valence-electron chi connectivity index (χ4n) is 2.52. The Hall–Kier alpha value is -3.09. The summed E-state index contributed by atoms with van der Waals surface area (Å²) in [5, 5.41) is 5.40. The van der Waals surface area contributed by atoms with Crippen LogP contribution in [0, 0.1) is 0 Å². The molecule has 3 aromatic rings. The van der Waals surface area contributed by atoms with Gasteiger partial charge in [0.05, 0.1) is 11.8 Å². The van der Waals surface area contributed by atoms with Crippen molar-refractivity contribution in [2.45, 2.75) is 31.7 Å². The monoisotopic (exact) mass is 339 g/mol. The summed E-state index contributed by atoms with van der Waals surface area (Å²) < 4.78 is 10.6. The van der Waals surface area contributed by atoms with Crippen molar-refractivity contribution < 1.29 is 18.4 Å². The lowest BCUT2D eigenvalue weighted by atomic mass is 10.2. The predicted octanol–water partition coefficient (Wildman–Crippen LogP) is 3.06. The van der Waals surface area contributed by atoms with E-state index in [1.165, 1.54) is 18.6 Å². The van der Waals surface area contributed by atoms with Crippen molar-refractivity contribution in [1.82, 2.24) is 10.3 Å². The highest BCUT2D eigenvalue weighted by molar-refractivity contribution is 6.01. The highest BCUT2D eigenvalue weighted by Gasteiger charge is 2.29. The van der Waals surface area contributed by atoms with Gasteiger partial charge in [0.15, 0.2) is 11.5 Å². The molecule has 2 N–H and O–H groups in total. The maximum absolute atomic E-state index is 12.3. The van der Waals surface area contributed by atoms with E-state index in [0.717, 1.165) is 24.2 Å². The van der Waals surface area contributed by atoms with Gasteiger partial charge in [0.25, 0.3) is 5.91 Å². The topological polar surface area (TPSA) is 97.4 Å². The molecule has 7 heteroatoms. The summed E-state index contributed by atoms with van der Waals surface area (Å²) in [5.74, 6) is 0.516. The van der Waals surface area contributed by atoms with Crippen LogP contribution in [0.2, 0.25) is 0 Å². The van der Waals surface area contributed by atoms with Gasteiger partial charge >= 0.3 is 0 Å². The molecule has 4 rings (SSSR count). The summed E-state index contributed by atoms with van der Waals surface area (Å²) in [6.45, 7) is 1.62. The third kappa shape index (κ3) is 3.26. The summed E-state index contributed by atoms with van der Waals surface area (Å²) in [5.41, 5.74) is 2.41. The second-order valence-corrected chi connectivity index (χ2v) is 6.21. The van der Waals surface area contributed by atoms with E-state index in [2.05, 4.69) is 15.6 Å². The smallest absolute Gasteiger partial charge is 0.255 e. The molecule has 1 saturated carbocycles. The lowest BCUT2D eigenvalue weighted by molar-refractivity contribution is -0.117. The van der Waals surface area contributed by atoms with Gasteiger partial charge in [0.2, 0.25) is 5.91 Å². The van der Waals surface area contributed by atoms with E-state index in [9.17, 15) is 9.59 Å². The van der Waals surface area contributed by atoms with E-state index < -0.39 is 6.04 Å². The van der Waals surface area contributed by atoms with Gasteiger partial charge in [-0.15, -0.1) is 0 Å². The minimum absolute atomic E-state index is 0.317. The minimum Gasteiger partial charge on any atom is -0.472 e. The Labute approximate surface area is 143 Å². The molecule has 1 atom stereocenters. The Morgan fingerprint density at radius 2 is 2.12 bits per heavy atom. The van der Waals surface area contributed by atoms with E-state index in [0.29, 0.717) is 22.8 Å². The third-order valence-electron chi connectivity index (χ3n) is 4.12. The predicted molar refractivity (Wildman–Crippen MR) is 90.2 cm³/mol. The van der Waals surface area contributed by atoms with Crippen molar-refractivity contribution in [2.24, 2.45) is 0 Å². The Morgan fingerprint density at radius 3 is 2.84 bits per heavy atom. The Morgan fingerprint density at radius 1 is 1.28 bits per heavy atom. The molecule has 0 radical (unpaired) electrons. The number of carbonyl (C=O) groups excluding carboxylic acids is 2. The number of hydrogen-bond donors (Lipinski definition) is 2. The Balaban J connectivity index is 1.42. The Bertz CT molecular complexity index is 925. The van der Waals surface area contributed by atoms with Gasteiger partial charge in [-0.3, -0.25) is 9.59 Å². The quantitative estimate of drug-likeness (QED) is 0.744. The molecule has 2 aromatic heterocycles. The van der Waals surface area contributed by atoms with Crippen LogP contribution in [0.25, 0.3) is 11.1 Å². The van der Waals surface area contributed by atoms with Gasteiger partial charge in [-0.05, 0) is 44.0 Å². The fraction of sp³-hybridized carbons (Fsp3) is 0.278. The first-order valence-electron chi connectivity index (χ1n) is 8.14. The molecule has 1 fully saturated rings. The molecule has 1 unspecified atom stereocenters. The third-order valence-corrected chi connectivity index (χ3v) is 4.12. The van der Waals surface area contributed by atoms with E-state index in [1.54, 1.807) is 25.1 Å². The number of benzene rings is 1. The fourth-order valence-corrected chi connectivity index (χ4v) is 2.52. The lowest BCUT2D eigenvalue weighted by Gasteiger charge is -2.13. The minimum atomic E-state index is -0.697. The number of nitrogens with zero attached hydrogens (tertiary/aromatic N) is 1. The summed E-state index contributed by atoms with van der Waals surface area (Å²) >= 11 is 0. The maximum atomic E-state index is 12.3. The number of oxazole rings is 1. The van der Waals surface area contributed by atoms with Crippen molar-refractivity contribution in [3.05, 3.63) is 48.2 Å². The molecule has 25 heavy (non-hydrogen) atoms. The highest BCUT2D eigenvalue weighted by Crippen LogP contribution is 2.40. The summed E-state index contributed by atoms with van der Waals surface area (Å²) in [4.78, 5) is 28.7. The molecule has 0 aliphatic heterocycles. The number of rotatable bonds is 5. The van der Waals surface area contributed by atoms with Crippen molar-refractivity contribution >= 4 is 28.6 Å². The highest BCUT2D eigenvalue weighted by atomic mass is 16.3. The van der Waals surface area contributed by atoms with Crippen LogP contribution >= 0.6 is 0 Å². The lowest BCUT2D eigenvalue weighted by Crippen LogP contribution is -2.41. The SMILES string of the molecule is CC(NC(=O)c1ccoc1)C(=O)Nc1ccc2oc(C3CC3)nc2c1. The van der Waals surface area contributed by atoms with Crippen molar-refractivity contribution in [3.8, 4) is 0 Å². The maximum Gasteiger partial charge on any atom is 0.255 e. The van der Waals surface area contributed by atoms with E-state index in [-0.39, 0.29) is 11.8 Å². The molecular weight excluding hydrogens is 322 g/mol. The number of carbonyl (C=O) groups is 2. The molecule has 1 aliphatic rings. The molecule has 0 saturated heterocycles. The first kappa shape index (κ1) is 15.4. The van der Waals surface area contributed by atoms with Crippen molar-refractivity contribution in [3.63, 3.8) is 0 Å². The number of anilines is 1. The molecule has 0 bridgehead atoms. The average molecular weight is 339 g/mol. The number of furan rings is 1. The molecule has 1 aromatic carbocycles. The largest absolute Gasteiger partial charge is 0.472 e. The van der Waals surface area contributed by atoms with Gasteiger partial charge in [0, 0.05) is 11.6 Å². The van der Waals surface area contributed by atoms with Gasteiger partial charge in [0.1, 0.15) is 17.8 Å². The van der Waals surface area contributed by atoms with Gasteiger partial charge < -0.3 is 19.5 Å². The Kier molecular flexibility index (Phi) is 3.76. The zero-order chi connectivity index (χ0) is 17.4. The molecule has 2 heterocycles. The van der Waals surface area contributed by atoms with Crippen LogP contribution in [-0.4, -0.2) is 22.8 Å². The second kappa shape index (κ2) is 6.08. The zero-order valence-corrected chi connectivity index (χ0v) is 13.6. The van der Waals surface area contributed by atoms with Crippen LogP contribution < -0.4 is 10.6 Å². The zero-order valence-electron chi connectivity index (χ0n) is 13.6. The molecular formula is C18H17N3O4. The van der Waals surface area contributed by atoms with Crippen molar-refractivity contribution in [1.29, 1.82) is 0 Å². The van der Waals surface area contributed by atoms with Crippen LogP contribution in [-0.2, 0) is 4.79 Å². The molecule has 2 amide bonds. The summed E-state index contributed by atoms with van der Waals surface area (Å²) in [6.07, 6.45) is 4.97. The number of nitrogens with one attached hydrogen (secondary N) is 2. The van der Waals surface area contributed by atoms with Crippen LogP contribution in [0.1, 0.15) is 41.9 Å². The van der Waals surface area contributed by atoms with Crippen LogP contribution in [0.5, 0.6) is 0 Å². The second-order valence-electron chi connectivity index (χ2n) is 6.21. The molecule has 128 valence electrons. The standard InChI is InChI=1S/C18H17N3O4/c1-10(19-17(23)12-6-7-24-9-12)16(22)20-13-4-5-15-14(8-13)21-18(25-15)11-2-3-11/h4-11H,2-3H2,1H3,(H,19,23)(H,20,22). The van der Waals surface area contributed by atoms with Gasteiger partial charge in [-0.2, -0.15) is 0 Å². The summed E-state index contributed by atoms with van der Waals surface area (Å²) in [7, 11) is 0. The van der Waals surface area contributed by atoms with Gasteiger partial charge in [-0.1, -0.05) is 0 Å². The normalized spacial score (nSPS) is 15.1. The number of aromatic nitrogens is 1. The van der Waals surface area contributed by atoms with E-state index >= 15 is 0 Å². The molecule has 7 nitrogen and oxygen atoms in total. The number of hydrogen-bond acceptors (Lipinski definition) is 5. The van der Waals surface area contributed by atoms with Crippen LogP contribution in [0.4, 0.5) is 5.69 Å². The number of fused-ring (bicyclic) bond motifs is 1. The molecule has 0 spiro atoms. The summed E-state index contributed by atoms with van der Waals surface area (Å²) in [6, 6.07) is 6.16. The van der Waals surface area contributed by atoms with E-state index in [1.807, 2.05) is 0 Å².